The highest BCUT2D eigenvalue weighted by Crippen LogP contribution is 2.36. The zero-order valence-electron chi connectivity index (χ0n) is 12.2. The van der Waals surface area contributed by atoms with E-state index in [9.17, 15) is 9.59 Å². The van der Waals surface area contributed by atoms with Crippen LogP contribution in [0.3, 0.4) is 0 Å². The van der Waals surface area contributed by atoms with Crippen LogP contribution in [0.2, 0.25) is 0 Å². The van der Waals surface area contributed by atoms with Gasteiger partial charge in [0.05, 0.1) is 6.61 Å². The van der Waals surface area contributed by atoms with Crippen molar-refractivity contribution in [3.63, 3.8) is 0 Å². The molecule has 1 atom stereocenters. The van der Waals surface area contributed by atoms with Crippen molar-refractivity contribution in [1.29, 1.82) is 0 Å². The Hall–Kier alpha value is -1.38. The van der Waals surface area contributed by atoms with E-state index in [1.54, 1.807) is 13.0 Å². The van der Waals surface area contributed by atoms with Crippen molar-refractivity contribution in [3.05, 3.63) is 24.3 Å². The third-order valence-electron chi connectivity index (χ3n) is 3.49. The molecule has 0 aliphatic heterocycles. The first-order chi connectivity index (χ1) is 8.91. The van der Waals surface area contributed by atoms with E-state index in [2.05, 4.69) is 20.4 Å². The lowest BCUT2D eigenvalue weighted by Gasteiger charge is -2.30. The van der Waals surface area contributed by atoms with Crippen LogP contribution < -0.4 is 0 Å². The minimum atomic E-state index is -0.724. The molecule has 0 amide bonds. The maximum absolute atomic E-state index is 12.5. The summed E-state index contributed by atoms with van der Waals surface area (Å²) >= 11 is 0. The zero-order chi connectivity index (χ0) is 14.5. The van der Waals surface area contributed by atoms with Crippen LogP contribution >= 0.6 is 0 Å². The fourth-order valence-electron chi connectivity index (χ4n) is 2.44. The molecule has 0 heterocycles. The second-order valence-corrected chi connectivity index (χ2v) is 5.80. The number of carbonyl (C=O) groups excluding carboxylic acids is 2. The SMILES string of the molecule is C=CCC(C(=O)OCC)C(=O)C1=CCCC(C)(C)C1. The minimum absolute atomic E-state index is 0.0916. The molecule has 1 aliphatic rings. The van der Waals surface area contributed by atoms with Crippen LogP contribution in [0.15, 0.2) is 24.3 Å². The van der Waals surface area contributed by atoms with Gasteiger partial charge in [0, 0.05) is 0 Å². The van der Waals surface area contributed by atoms with Crippen molar-refractivity contribution in [2.24, 2.45) is 11.3 Å². The zero-order valence-corrected chi connectivity index (χ0v) is 12.2. The van der Waals surface area contributed by atoms with Crippen molar-refractivity contribution < 1.29 is 14.3 Å². The lowest BCUT2D eigenvalue weighted by molar-refractivity contribution is -0.150. The second-order valence-electron chi connectivity index (χ2n) is 5.80. The number of ketones is 1. The number of rotatable bonds is 6. The van der Waals surface area contributed by atoms with Gasteiger partial charge in [-0.2, -0.15) is 0 Å². The summed E-state index contributed by atoms with van der Waals surface area (Å²) in [5.74, 6) is -1.25. The van der Waals surface area contributed by atoms with Gasteiger partial charge in [-0.05, 0) is 43.6 Å². The Morgan fingerprint density at radius 3 is 2.74 bits per heavy atom. The number of esters is 1. The van der Waals surface area contributed by atoms with Gasteiger partial charge in [-0.3, -0.25) is 9.59 Å². The van der Waals surface area contributed by atoms with Crippen LogP contribution in [-0.2, 0) is 14.3 Å². The molecular weight excluding hydrogens is 240 g/mol. The standard InChI is InChI=1S/C16H24O3/c1-5-8-13(15(18)19-6-2)14(17)12-9-7-10-16(3,4)11-12/h5,9,13H,1,6-8,10-11H2,2-4H3. The normalized spacial score (nSPS) is 19.2. The first-order valence-corrected chi connectivity index (χ1v) is 6.92. The van der Waals surface area contributed by atoms with E-state index >= 15 is 0 Å². The molecule has 1 aliphatic carbocycles. The predicted molar refractivity (Wildman–Crippen MR) is 75.7 cm³/mol. The monoisotopic (exact) mass is 264 g/mol. The summed E-state index contributed by atoms with van der Waals surface area (Å²) in [6.07, 6.45) is 6.64. The number of Topliss-reactive ketones (excluding diaryl/α,β-unsaturated/α-hetero) is 1. The number of ether oxygens (including phenoxy) is 1. The molecule has 0 spiro atoms. The highest BCUT2D eigenvalue weighted by molar-refractivity contribution is 6.08. The molecule has 0 aromatic rings. The lowest BCUT2D eigenvalue weighted by atomic mass is 9.74. The summed E-state index contributed by atoms with van der Waals surface area (Å²) in [6, 6.07) is 0. The molecule has 0 radical (unpaired) electrons. The number of carbonyl (C=O) groups is 2. The van der Waals surface area contributed by atoms with Crippen LogP contribution in [0.4, 0.5) is 0 Å². The predicted octanol–water partition coefficient (Wildman–Crippen LogP) is 3.45. The Labute approximate surface area is 115 Å². The summed E-state index contributed by atoms with van der Waals surface area (Å²) < 4.78 is 4.99. The summed E-state index contributed by atoms with van der Waals surface area (Å²) in [7, 11) is 0. The molecule has 0 N–H and O–H groups in total. The summed E-state index contributed by atoms with van der Waals surface area (Å²) in [6.45, 7) is 9.97. The maximum Gasteiger partial charge on any atom is 0.317 e. The number of hydrogen-bond donors (Lipinski definition) is 0. The maximum atomic E-state index is 12.5. The average Bonchev–Trinajstić information content (AvgIpc) is 2.34. The van der Waals surface area contributed by atoms with Gasteiger partial charge in [0.15, 0.2) is 5.78 Å². The van der Waals surface area contributed by atoms with E-state index in [0.717, 1.165) is 24.8 Å². The van der Waals surface area contributed by atoms with E-state index in [4.69, 9.17) is 4.74 Å². The number of allylic oxidation sites excluding steroid dienone is 3. The van der Waals surface area contributed by atoms with Crippen molar-refractivity contribution >= 4 is 11.8 Å². The molecule has 0 aromatic heterocycles. The van der Waals surface area contributed by atoms with Crippen LogP contribution in [-0.4, -0.2) is 18.4 Å². The highest BCUT2D eigenvalue weighted by Gasteiger charge is 2.33. The van der Waals surface area contributed by atoms with Crippen molar-refractivity contribution in [2.75, 3.05) is 6.61 Å². The Bertz CT molecular complexity index is 391. The molecule has 1 unspecified atom stereocenters. The van der Waals surface area contributed by atoms with Crippen LogP contribution in [0.1, 0.15) is 46.5 Å². The highest BCUT2D eigenvalue weighted by atomic mass is 16.5. The molecule has 0 saturated heterocycles. The third-order valence-corrected chi connectivity index (χ3v) is 3.49. The van der Waals surface area contributed by atoms with Crippen LogP contribution in [0, 0.1) is 11.3 Å². The average molecular weight is 264 g/mol. The molecule has 106 valence electrons. The van der Waals surface area contributed by atoms with Gasteiger partial charge in [-0.15, -0.1) is 6.58 Å². The lowest BCUT2D eigenvalue weighted by Crippen LogP contribution is -2.30. The smallest absolute Gasteiger partial charge is 0.317 e. The molecule has 3 nitrogen and oxygen atoms in total. The van der Waals surface area contributed by atoms with Crippen LogP contribution in [0.25, 0.3) is 0 Å². The first kappa shape index (κ1) is 15.7. The van der Waals surface area contributed by atoms with Gasteiger partial charge in [0.1, 0.15) is 5.92 Å². The molecule has 0 aromatic carbocycles. The third kappa shape index (κ3) is 4.34. The Kier molecular flexibility index (Phi) is 5.52. The van der Waals surface area contributed by atoms with Crippen molar-refractivity contribution in [1.82, 2.24) is 0 Å². The van der Waals surface area contributed by atoms with E-state index in [0.29, 0.717) is 13.0 Å². The Morgan fingerprint density at radius 2 is 2.21 bits per heavy atom. The van der Waals surface area contributed by atoms with Gasteiger partial charge in [0.25, 0.3) is 0 Å². The molecule has 0 fully saturated rings. The molecular formula is C16H24O3. The Balaban J connectivity index is 2.85. The molecule has 3 heteroatoms. The van der Waals surface area contributed by atoms with Gasteiger partial charge >= 0.3 is 5.97 Å². The fraction of sp³-hybridized carbons (Fsp3) is 0.625. The first-order valence-electron chi connectivity index (χ1n) is 6.92. The fourth-order valence-corrected chi connectivity index (χ4v) is 2.44. The second kappa shape index (κ2) is 6.69. The number of hydrogen-bond acceptors (Lipinski definition) is 3. The van der Waals surface area contributed by atoms with Gasteiger partial charge in [-0.25, -0.2) is 0 Å². The van der Waals surface area contributed by atoms with Crippen molar-refractivity contribution in [2.45, 2.75) is 46.5 Å². The topological polar surface area (TPSA) is 43.4 Å². The van der Waals surface area contributed by atoms with Crippen LogP contribution in [0.5, 0.6) is 0 Å². The molecule has 0 bridgehead atoms. The summed E-state index contributed by atoms with van der Waals surface area (Å²) in [5.41, 5.74) is 0.906. The largest absolute Gasteiger partial charge is 0.465 e. The molecule has 0 saturated carbocycles. The summed E-state index contributed by atoms with van der Waals surface area (Å²) in [5, 5.41) is 0. The van der Waals surface area contributed by atoms with Gasteiger partial charge < -0.3 is 4.74 Å². The van der Waals surface area contributed by atoms with Crippen molar-refractivity contribution in [3.8, 4) is 0 Å². The van der Waals surface area contributed by atoms with E-state index in [1.807, 2.05) is 6.08 Å². The quantitative estimate of drug-likeness (QED) is 0.419. The van der Waals surface area contributed by atoms with Gasteiger partial charge in [-0.1, -0.05) is 26.0 Å². The van der Waals surface area contributed by atoms with E-state index in [1.165, 1.54) is 0 Å². The summed E-state index contributed by atoms with van der Waals surface area (Å²) in [4.78, 5) is 24.3. The van der Waals surface area contributed by atoms with Gasteiger partial charge in [0.2, 0.25) is 0 Å². The Morgan fingerprint density at radius 1 is 1.53 bits per heavy atom. The van der Waals surface area contributed by atoms with E-state index in [-0.39, 0.29) is 11.2 Å². The molecule has 19 heavy (non-hydrogen) atoms. The minimum Gasteiger partial charge on any atom is -0.465 e. The van der Waals surface area contributed by atoms with E-state index < -0.39 is 11.9 Å². The molecule has 1 rings (SSSR count).